The van der Waals surface area contributed by atoms with Crippen molar-refractivity contribution in [2.45, 2.75) is 32.2 Å². The largest absolute Gasteiger partial charge is 0.292 e. The van der Waals surface area contributed by atoms with Gasteiger partial charge in [-0.1, -0.05) is 42.5 Å². The van der Waals surface area contributed by atoms with Crippen molar-refractivity contribution in [3.63, 3.8) is 0 Å². The lowest BCUT2D eigenvalue weighted by atomic mass is 9.90. The summed E-state index contributed by atoms with van der Waals surface area (Å²) in [5, 5.41) is 4.38. The van der Waals surface area contributed by atoms with Crippen molar-refractivity contribution in [2.75, 3.05) is 0 Å². The minimum Gasteiger partial charge on any atom is -0.292 e. The first-order valence-corrected chi connectivity index (χ1v) is 8.99. The monoisotopic (exact) mass is 344 g/mol. The summed E-state index contributed by atoms with van der Waals surface area (Å²) in [6.07, 6.45) is 4.50. The van der Waals surface area contributed by atoms with E-state index in [-0.39, 0.29) is 17.9 Å². The van der Waals surface area contributed by atoms with Gasteiger partial charge in [0.2, 0.25) is 0 Å². The second-order valence-corrected chi connectivity index (χ2v) is 6.69. The highest BCUT2D eigenvalue weighted by molar-refractivity contribution is 5.96. The highest BCUT2D eigenvalue weighted by Crippen LogP contribution is 2.22. The van der Waals surface area contributed by atoms with Crippen molar-refractivity contribution >= 4 is 5.78 Å². The molecule has 130 valence electrons. The van der Waals surface area contributed by atoms with Crippen LogP contribution in [0.25, 0.3) is 11.3 Å². The summed E-state index contributed by atoms with van der Waals surface area (Å²) in [6.45, 7) is -0.0434. The predicted molar refractivity (Wildman–Crippen MR) is 101 cm³/mol. The lowest BCUT2D eigenvalue weighted by Gasteiger charge is -2.16. The summed E-state index contributed by atoms with van der Waals surface area (Å²) >= 11 is 0. The maximum Gasteiger partial charge on any atom is 0.267 e. The molecule has 4 heteroatoms. The average Bonchev–Trinajstić information content (AvgIpc) is 2.70. The van der Waals surface area contributed by atoms with Crippen LogP contribution in [-0.4, -0.2) is 15.6 Å². The summed E-state index contributed by atoms with van der Waals surface area (Å²) in [4.78, 5) is 24.9. The molecule has 3 aromatic rings. The fraction of sp³-hybridized carbons (Fsp3) is 0.227. The number of hydrogen-bond acceptors (Lipinski definition) is 3. The van der Waals surface area contributed by atoms with E-state index < -0.39 is 0 Å². The molecule has 0 spiro atoms. The van der Waals surface area contributed by atoms with Gasteiger partial charge in [0.15, 0.2) is 5.78 Å². The Morgan fingerprint density at radius 1 is 0.923 bits per heavy atom. The molecule has 1 aliphatic rings. The molecule has 26 heavy (non-hydrogen) atoms. The first-order valence-electron chi connectivity index (χ1n) is 8.99. The lowest BCUT2D eigenvalue weighted by Crippen LogP contribution is -2.26. The van der Waals surface area contributed by atoms with Gasteiger partial charge in [-0.15, -0.1) is 0 Å². The molecule has 0 saturated heterocycles. The quantitative estimate of drug-likeness (QED) is 0.679. The van der Waals surface area contributed by atoms with Crippen LogP contribution in [0.4, 0.5) is 0 Å². The number of nitrogens with zero attached hydrogens (tertiary/aromatic N) is 2. The van der Waals surface area contributed by atoms with E-state index in [4.69, 9.17) is 0 Å². The van der Waals surface area contributed by atoms with E-state index >= 15 is 0 Å². The number of fused-ring (bicyclic) bond motifs is 1. The molecule has 4 rings (SSSR count). The third-order valence-electron chi connectivity index (χ3n) is 4.90. The van der Waals surface area contributed by atoms with Gasteiger partial charge < -0.3 is 0 Å². The zero-order valence-corrected chi connectivity index (χ0v) is 14.5. The van der Waals surface area contributed by atoms with Gasteiger partial charge in [0.1, 0.15) is 6.54 Å². The summed E-state index contributed by atoms with van der Waals surface area (Å²) in [6, 6.07) is 18.7. The first-order chi connectivity index (χ1) is 12.7. The third kappa shape index (κ3) is 3.36. The smallest absolute Gasteiger partial charge is 0.267 e. The molecule has 0 saturated carbocycles. The van der Waals surface area contributed by atoms with Gasteiger partial charge in [0, 0.05) is 17.2 Å². The number of Topliss-reactive ketones (excluding diaryl/α,β-unsaturated/α-hetero) is 1. The van der Waals surface area contributed by atoms with Crippen molar-refractivity contribution in [1.29, 1.82) is 0 Å². The fourth-order valence-corrected chi connectivity index (χ4v) is 3.46. The molecule has 1 aromatic heterocycles. The molecule has 1 heterocycles. The molecule has 4 nitrogen and oxygen atoms in total. The maximum absolute atomic E-state index is 12.7. The van der Waals surface area contributed by atoms with Crippen LogP contribution in [0.15, 0.2) is 65.5 Å². The molecule has 0 fully saturated rings. The molecule has 0 atom stereocenters. The number of carbonyl (C=O) groups is 1. The standard InChI is InChI=1S/C22H20N2O2/c25-21(19-11-10-16-6-4-5-9-18(16)14-19)15-24-22(26)13-12-20(23-24)17-7-2-1-3-8-17/h1-3,7-8,10-14H,4-6,9,15H2. The SMILES string of the molecule is O=C(Cn1nc(-c2ccccc2)ccc1=O)c1ccc2c(c1)CCCC2. The van der Waals surface area contributed by atoms with Crippen LogP contribution in [-0.2, 0) is 19.4 Å². The Balaban J connectivity index is 1.61. The minimum atomic E-state index is -0.268. The van der Waals surface area contributed by atoms with Crippen molar-refractivity contribution < 1.29 is 4.79 Å². The second kappa shape index (κ2) is 7.08. The fourth-order valence-electron chi connectivity index (χ4n) is 3.46. The van der Waals surface area contributed by atoms with E-state index in [1.807, 2.05) is 42.5 Å². The van der Waals surface area contributed by atoms with E-state index in [9.17, 15) is 9.59 Å². The Bertz CT molecular complexity index is 1010. The number of benzene rings is 2. The Morgan fingerprint density at radius 2 is 1.69 bits per heavy atom. The van der Waals surface area contributed by atoms with E-state index in [1.165, 1.54) is 34.7 Å². The molecule has 0 radical (unpaired) electrons. The maximum atomic E-state index is 12.7. The summed E-state index contributed by atoms with van der Waals surface area (Å²) in [5.41, 5.74) is 4.60. The van der Waals surface area contributed by atoms with Crippen LogP contribution in [0.3, 0.4) is 0 Å². The van der Waals surface area contributed by atoms with Crippen LogP contribution in [0.1, 0.15) is 34.3 Å². The molecule has 2 aromatic carbocycles. The first kappa shape index (κ1) is 16.5. The van der Waals surface area contributed by atoms with E-state index in [0.717, 1.165) is 18.4 Å². The van der Waals surface area contributed by atoms with Crippen molar-refractivity contribution in [3.05, 3.63) is 87.7 Å². The molecule has 0 aliphatic heterocycles. The van der Waals surface area contributed by atoms with Gasteiger partial charge >= 0.3 is 0 Å². The number of aromatic nitrogens is 2. The Kier molecular flexibility index (Phi) is 4.48. The van der Waals surface area contributed by atoms with E-state index in [1.54, 1.807) is 6.07 Å². The zero-order chi connectivity index (χ0) is 17.9. The number of aryl methyl sites for hydroxylation is 2. The Morgan fingerprint density at radius 3 is 2.50 bits per heavy atom. The van der Waals surface area contributed by atoms with Crippen molar-refractivity contribution in [2.24, 2.45) is 0 Å². The molecule has 0 N–H and O–H groups in total. The Hall–Kier alpha value is -3.01. The van der Waals surface area contributed by atoms with Crippen LogP contribution < -0.4 is 5.56 Å². The molecular weight excluding hydrogens is 324 g/mol. The average molecular weight is 344 g/mol. The topological polar surface area (TPSA) is 52.0 Å². The third-order valence-corrected chi connectivity index (χ3v) is 4.90. The normalized spacial score (nSPS) is 13.2. The van der Waals surface area contributed by atoms with Crippen LogP contribution in [0, 0.1) is 0 Å². The van der Waals surface area contributed by atoms with E-state index in [2.05, 4.69) is 11.2 Å². The van der Waals surface area contributed by atoms with E-state index in [0.29, 0.717) is 11.3 Å². The molecule has 0 unspecified atom stereocenters. The Labute approximate surface area is 152 Å². The van der Waals surface area contributed by atoms with Gasteiger partial charge in [-0.3, -0.25) is 9.59 Å². The van der Waals surface area contributed by atoms with Crippen molar-refractivity contribution in [3.8, 4) is 11.3 Å². The number of hydrogen-bond donors (Lipinski definition) is 0. The lowest BCUT2D eigenvalue weighted by molar-refractivity contribution is 0.0965. The van der Waals surface area contributed by atoms with Gasteiger partial charge in [-0.2, -0.15) is 5.10 Å². The molecule has 1 aliphatic carbocycles. The highest BCUT2D eigenvalue weighted by atomic mass is 16.1. The summed E-state index contributed by atoms with van der Waals surface area (Å²) in [5.74, 6) is -0.0850. The van der Waals surface area contributed by atoms with Crippen molar-refractivity contribution in [1.82, 2.24) is 9.78 Å². The van der Waals surface area contributed by atoms with Crippen LogP contribution in [0.2, 0.25) is 0 Å². The zero-order valence-electron chi connectivity index (χ0n) is 14.5. The highest BCUT2D eigenvalue weighted by Gasteiger charge is 2.14. The molecule has 0 bridgehead atoms. The molecular formula is C22H20N2O2. The number of ketones is 1. The van der Waals surface area contributed by atoms with Gasteiger partial charge in [-0.25, -0.2) is 4.68 Å². The summed E-state index contributed by atoms with van der Waals surface area (Å²) in [7, 11) is 0. The van der Waals surface area contributed by atoms with Crippen LogP contribution in [0.5, 0.6) is 0 Å². The molecule has 0 amide bonds. The minimum absolute atomic E-state index is 0.0434. The predicted octanol–water partition coefficient (Wildman–Crippen LogP) is 3.67. The second-order valence-electron chi connectivity index (χ2n) is 6.69. The van der Waals surface area contributed by atoms with Crippen LogP contribution >= 0.6 is 0 Å². The van der Waals surface area contributed by atoms with Gasteiger partial charge in [-0.05, 0) is 48.9 Å². The number of carbonyl (C=O) groups excluding carboxylic acids is 1. The number of rotatable bonds is 4. The summed E-state index contributed by atoms with van der Waals surface area (Å²) < 4.78 is 1.25. The van der Waals surface area contributed by atoms with Gasteiger partial charge in [0.25, 0.3) is 5.56 Å². The van der Waals surface area contributed by atoms with Gasteiger partial charge in [0.05, 0.1) is 5.69 Å².